The molecule has 0 fully saturated rings. The first-order chi connectivity index (χ1) is 11.5. The van der Waals surface area contributed by atoms with E-state index in [0.717, 1.165) is 5.56 Å². The minimum Gasteiger partial charge on any atom is -0.355 e. The van der Waals surface area contributed by atoms with Crippen LogP contribution in [0, 0.1) is 5.82 Å². The standard InChI is InChI=1S/C17H16ClFN2O2S/c1-20-17(23)11-3-6-14(7-4-11)21-16(22)10-24-9-12-2-5-13(19)8-15(12)18/h2-8H,9-10H2,1H3,(H,20,23)(H,21,22). The number of benzene rings is 2. The van der Waals surface area contributed by atoms with Gasteiger partial charge in [-0.3, -0.25) is 9.59 Å². The van der Waals surface area contributed by atoms with E-state index in [1.807, 2.05) is 0 Å². The maximum absolute atomic E-state index is 13.0. The molecule has 0 aliphatic rings. The van der Waals surface area contributed by atoms with Crippen molar-refractivity contribution in [1.29, 1.82) is 0 Å². The van der Waals surface area contributed by atoms with Crippen molar-refractivity contribution in [1.82, 2.24) is 5.32 Å². The van der Waals surface area contributed by atoms with E-state index in [2.05, 4.69) is 10.6 Å². The van der Waals surface area contributed by atoms with Crippen LogP contribution in [0.3, 0.4) is 0 Å². The second-order valence-electron chi connectivity index (χ2n) is 4.93. The summed E-state index contributed by atoms with van der Waals surface area (Å²) in [4.78, 5) is 23.3. The summed E-state index contributed by atoms with van der Waals surface area (Å²) < 4.78 is 13.0. The number of nitrogens with one attached hydrogen (secondary N) is 2. The summed E-state index contributed by atoms with van der Waals surface area (Å²) in [6.07, 6.45) is 0. The van der Waals surface area contributed by atoms with Crippen LogP contribution in [0.2, 0.25) is 5.02 Å². The highest BCUT2D eigenvalue weighted by Crippen LogP contribution is 2.22. The molecule has 0 unspecified atom stereocenters. The number of carbonyl (C=O) groups is 2. The number of carbonyl (C=O) groups excluding carboxylic acids is 2. The third kappa shape index (κ3) is 5.25. The summed E-state index contributed by atoms with van der Waals surface area (Å²) in [6.45, 7) is 0. The minimum atomic E-state index is -0.383. The zero-order chi connectivity index (χ0) is 17.5. The number of amides is 2. The monoisotopic (exact) mass is 366 g/mol. The second-order valence-corrected chi connectivity index (χ2v) is 6.33. The Morgan fingerprint density at radius 1 is 1.17 bits per heavy atom. The molecule has 0 radical (unpaired) electrons. The van der Waals surface area contributed by atoms with Gasteiger partial charge >= 0.3 is 0 Å². The van der Waals surface area contributed by atoms with E-state index in [1.54, 1.807) is 37.4 Å². The molecule has 0 saturated carbocycles. The lowest BCUT2D eigenvalue weighted by molar-refractivity contribution is -0.113. The summed E-state index contributed by atoms with van der Waals surface area (Å²) >= 11 is 7.32. The van der Waals surface area contributed by atoms with Gasteiger partial charge in [0.25, 0.3) is 5.91 Å². The van der Waals surface area contributed by atoms with Gasteiger partial charge < -0.3 is 10.6 Å². The maximum atomic E-state index is 13.0. The molecule has 126 valence electrons. The van der Waals surface area contributed by atoms with E-state index in [0.29, 0.717) is 22.0 Å². The van der Waals surface area contributed by atoms with Crippen LogP contribution in [0.25, 0.3) is 0 Å². The predicted molar refractivity (Wildman–Crippen MR) is 96.0 cm³/mol. The van der Waals surface area contributed by atoms with Gasteiger partial charge in [0.1, 0.15) is 5.82 Å². The molecule has 2 N–H and O–H groups in total. The molecular formula is C17H16ClFN2O2S. The van der Waals surface area contributed by atoms with E-state index in [4.69, 9.17) is 11.6 Å². The molecule has 24 heavy (non-hydrogen) atoms. The van der Waals surface area contributed by atoms with Crippen LogP contribution in [0.4, 0.5) is 10.1 Å². The van der Waals surface area contributed by atoms with Gasteiger partial charge in [0.2, 0.25) is 5.91 Å². The lowest BCUT2D eigenvalue weighted by Gasteiger charge is -2.07. The topological polar surface area (TPSA) is 58.2 Å². The first-order valence-corrected chi connectivity index (χ1v) is 8.66. The average Bonchev–Trinajstić information content (AvgIpc) is 2.57. The van der Waals surface area contributed by atoms with Crippen LogP contribution in [-0.4, -0.2) is 24.6 Å². The fourth-order valence-corrected chi connectivity index (χ4v) is 3.08. The smallest absolute Gasteiger partial charge is 0.251 e. The normalized spacial score (nSPS) is 10.3. The molecule has 0 heterocycles. The van der Waals surface area contributed by atoms with Crippen molar-refractivity contribution in [2.75, 3.05) is 18.1 Å². The Bertz CT molecular complexity index is 738. The van der Waals surface area contributed by atoms with Gasteiger partial charge in [-0.25, -0.2) is 4.39 Å². The Balaban J connectivity index is 1.81. The van der Waals surface area contributed by atoms with Crippen LogP contribution in [-0.2, 0) is 10.5 Å². The van der Waals surface area contributed by atoms with Crippen molar-refractivity contribution in [2.24, 2.45) is 0 Å². The number of hydrogen-bond acceptors (Lipinski definition) is 3. The predicted octanol–water partition coefficient (Wildman–Crippen LogP) is 3.71. The van der Waals surface area contributed by atoms with Crippen molar-refractivity contribution in [2.45, 2.75) is 5.75 Å². The Hall–Kier alpha value is -2.05. The number of anilines is 1. The molecule has 0 aliphatic heterocycles. The third-order valence-electron chi connectivity index (χ3n) is 3.16. The Labute approximate surface area is 148 Å². The maximum Gasteiger partial charge on any atom is 0.251 e. The summed E-state index contributed by atoms with van der Waals surface area (Å²) in [7, 11) is 1.56. The molecule has 2 rings (SSSR count). The molecule has 7 heteroatoms. The molecule has 0 atom stereocenters. The highest BCUT2D eigenvalue weighted by molar-refractivity contribution is 7.99. The molecule has 0 aromatic heterocycles. The summed E-state index contributed by atoms with van der Waals surface area (Å²) in [5.74, 6) is 0.0322. The SMILES string of the molecule is CNC(=O)c1ccc(NC(=O)CSCc2ccc(F)cc2Cl)cc1. The lowest BCUT2D eigenvalue weighted by atomic mass is 10.2. The van der Waals surface area contributed by atoms with Gasteiger partial charge in [0.15, 0.2) is 0 Å². The van der Waals surface area contributed by atoms with Crippen LogP contribution < -0.4 is 10.6 Å². The molecule has 0 saturated heterocycles. The highest BCUT2D eigenvalue weighted by atomic mass is 35.5. The minimum absolute atomic E-state index is 0.161. The molecule has 2 aromatic rings. The number of halogens is 2. The average molecular weight is 367 g/mol. The first kappa shape index (κ1) is 18.3. The van der Waals surface area contributed by atoms with Gasteiger partial charge in [-0.05, 0) is 42.0 Å². The zero-order valence-electron chi connectivity index (χ0n) is 12.9. The lowest BCUT2D eigenvalue weighted by Crippen LogP contribution is -2.18. The number of rotatable bonds is 6. The van der Waals surface area contributed by atoms with Gasteiger partial charge in [-0.1, -0.05) is 17.7 Å². The molecule has 2 amide bonds. The Kier molecular flexibility index (Phi) is 6.63. The van der Waals surface area contributed by atoms with Crippen LogP contribution in [0.1, 0.15) is 15.9 Å². The van der Waals surface area contributed by atoms with E-state index < -0.39 is 0 Å². The molecule has 0 spiro atoms. The van der Waals surface area contributed by atoms with E-state index in [9.17, 15) is 14.0 Å². The molecular weight excluding hydrogens is 351 g/mol. The van der Waals surface area contributed by atoms with Crippen molar-refractivity contribution >= 4 is 40.9 Å². The number of thioether (sulfide) groups is 1. The fraction of sp³-hybridized carbons (Fsp3) is 0.176. The zero-order valence-corrected chi connectivity index (χ0v) is 14.5. The highest BCUT2D eigenvalue weighted by Gasteiger charge is 2.07. The van der Waals surface area contributed by atoms with Gasteiger partial charge in [-0.2, -0.15) is 0 Å². The summed E-state index contributed by atoms with van der Waals surface area (Å²) in [5, 5.41) is 5.64. The van der Waals surface area contributed by atoms with Crippen molar-refractivity contribution < 1.29 is 14.0 Å². The molecule has 4 nitrogen and oxygen atoms in total. The molecule has 0 bridgehead atoms. The van der Waals surface area contributed by atoms with Crippen LogP contribution >= 0.6 is 23.4 Å². The largest absolute Gasteiger partial charge is 0.355 e. The summed E-state index contributed by atoms with van der Waals surface area (Å²) in [5.41, 5.74) is 1.93. The van der Waals surface area contributed by atoms with E-state index in [-0.39, 0.29) is 23.4 Å². The fourth-order valence-electron chi connectivity index (χ4n) is 1.94. The summed E-state index contributed by atoms with van der Waals surface area (Å²) in [6, 6.07) is 10.8. The van der Waals surface area contributed by atoms with Gasteiger partial charge in [-0.15, -0.1) is 11.8 Å². The Morgan fingerprint density at radius 2 is 1.88 bits per heavy atom. The van der Waals surface area contributed by atoms with Crippen LogP contribution in [0.15, 0.2) is 42.5 Å². The second kappa shape index (κ2) is 8.70. The van der Waals surface area contributed by atoms with E-state index >= 15 is 0 Å². The van der Waals surface area contributed by atoms with Gasteiger partial charge in [0, 0.05) is 29.1 Å². The quantitative estimate of drug-likeness (QED) is 0.819. The third-order valence-corrected chi connectivity index (χ3v) is 4.50. The van der Waals surface area contributed by atoms with Crippen molar-refractivity contribution in [3.8, 4) is 0 Å². The van der Waals surface area contributed by atoms with Gasteiger partial charge in [0.05, 0.1) is 5.75 Å². The van der Waals surface area contributed by atoms with Crippen LogP contribution in [0.5, 0.6) is 0 Å². The van der Waals surface area contributed by atoms with Crippen molar-refractivity contribution in [3.05, 3.63) is 64.4 Å². The van der Waals surface area contributed by atoms with Crippen molar-refractivity contribution in [3.63, 3.8) is 0 Å². The van der Waals surface area contributed by atoms with E-state index in [1.165, 1.54) is 23.9 Å². The molecule has 2 aromatic carbocycles. The first-order valence-electron chi connectivity index (χ1n) is 7.13. The molecule has 0 aliphatic carbocycles. The number of hydrogen-bond donors (Lipinski definition) is 2. The Morgan fingerprint density at radius 3 is 2.50 bits per heavy atom.